The van der Waals surface area contributed by atoms with Gasteiger partial charge in [-0.1, -0.05) is 0 Å². The molecule has 0 N–H and O–H groups in total. The molecular weight excluding hydrogens is 254 g/mol. The van der Waals surface area contributed by atoms with Crippen LogP contribution < -0.4 is 4.74 Å². The third-order valence-electron chi connectivity index (χ3n) is 2.76. The molecule has 0 spiro atoms. The Morgan fingerprint density at radius 2 is 1.61 bits per heavy atom. The molecule has 0 saturated carbocycles. The van der Waals surface area contributed by atoms with Crippen molar-refractivity contribution in [3.63, 3.8) is 0 Å². The van der Waals surface area contributed by atoms with E-state index in [9.17, 15) is 17.6 Å². The third kappa shape index (κ3) is 2.72. The van der Waals surface area contributed by atoms with Gasteiger partial charge in [-0.15, -0.1) is 0 Å². The van der Waals surface area contributed by atoms with E-state index in [0.29, 0.717) is 26.1 Å². The number of hydrogen-bond acceptors (Lipinski definition) is 3. The summed E-state index contributed by atoms with van der Waals surface area (Å²) in [5.41, 5.74) is 0. The van der Waals surface area contributed by atoms with Crippen LogP contribution in [0, 0.1) is 29.4 Å². The summed E-state index contributed by atoms with van der Waals surface area (Å²) in [6.07, 6.45) is 1.36. The lowest BCUT2D eigenvalue weighted by Gasteiger charge is -2.22. The van der Waals surface area contributed by atoms with Gasteiger partial charge in [-0.3, -0.25) is 0 Å². The minimum absolute atomic E-state index is 0.0138. The van der Waals surface area contributed by atoms with E-state index in [1.54, 1.807) is 0 Å². The fourth-order valence-electron chi connectivity index (χ4n) is 1.71. The number of ether oxygens (including phenoxy) is 2. The Balaban J connectivity index is 2.08. The maximum absolute atomic E-state index is 13.2. The molecule has 1 aliphatic rings. The van der Waals surface area contributed by atoms with E-state index in [2.05, 4.69) is 4.98 Å². The molecule has 3 nitrogen and oxygen atoms in total. The average Bonchev–Trinajstić information content (AvgIpc) is 2.38. The van der Waals surface area contributed by atoms with E-state index in [4.69, 9.17) is 9.47 Å². The number of rotatable bonds is 3. The summed E-state index contributed by atoms with van der Waals surface area (Å²) >= 11 is 0. The first-order valence-corrected chi connectivity index (χ1v) is 5.50. The van der Waals surface area contributed by atoms with Crippen molar-refractivity contribution >= 4 is 0 Å². The first-order chi connectivity index (χ1) is 8.59. The maximum atomic E-state index is 13.2. The van der Waals surface area contributed by atoms with Gasteiger partial charge in [0.25, 0.3) is 11.9 Å². The van der Waals surface area contributed by atoms with E-state index in [1.807, 2.05) is 0 Å². The van der Waals surface area contributed by atoms with Gasteiger partial charge in [-0.05, 0) is 18.8 Å². The van der Waals surface area contributed by atoms with E-state index in [0.717, 1.165) is 0 Å². The summed E-state index contributed by atoms with van der Waals surface area (Å²) in [5, 5.41) is 0. The number of pyridine rings is 1. The first kappa shape index (κ1) is 13.1. The van der Waals surface area contributed by atoms with Crippen LogP contribution in [0.2, 0.25) is 0 Å². The van der Waals surface area contributed by atoms with Crippen molar-refractivity contribution in [3.05, 3.63) is 23.5 Å². The van der Waals surface area contributed by atoms with Crippen molar-refractivity contribution in [2.24, 2.45) is 5.92 Å². The Hall–Kier alpha value is -1.37. The predicted molar refractivity (Wildman–Crippen MR) is 53.1 cm³/mol. The van der Waals surface area contributed by atoms with Gasteiger partial charge in [0.15, 0.2) is 5.75 Å². The molecule has 18 heavy (non-hydrogen) atoms. The molecule has 2 heterocycles. The van der Waals surface area contributed by atoms with Gasteiger partial charge in [0.05, 0.1) is 6.61 Å². The molecule has 1 aromatic rings. The number of nitrogens with zero attached hydrogens (tertiary/aromatic N) is 1. The van der Waals surface area contributed by atoms with Crippen LogP contribution in [0.15, 0.2) is 0 Å². The Kier molecular flexibility index (Phi) is 4.00. The Morgan fingerprint density at radius 1 is 1.06 bits per heavy atom. The van der Waals surface area contributed by atoms with Crippen LogP contribution in [0.3, 0.4) is 0 Å². The molecule has 1 aliphatic heterocycles. The van der Waals surface area contributed by atoms with Crippen molar-refractivity contribution in [1.82, 2.24) is 4.98 Å². The van der Waals surface area contributed by atoms with E-state index < -0.39 is 29.3 Å². The molecule has 0 aliphatic carbocycles. The summed E-state index contributed by atoms with van der Waals surface area (Å²) in [6, 6.07) is 0. The van der Waals surface area contributed by atoms with Crippen molar-refractivity contribution in [1.29, 1.82) is 0 Å². The van der Waals surface area contributed by atoms with Crippen LogP contribution in [-0.2, 0) is 4.74 Å². The first-order valence-electron chi connectivity index (χ1n) is 5.50. The van der Waals surface area contributed by atoms with Crippen LogP contribution in [0.5, 0.6) is 5.75 Å². The van der Waals surface area contributed by atoms with Gasteiger partial charge >= 0.3 is 0 Å². The second kappa shape index (κ2) is 5.51. The van der Waals surface area contributed by atoms with Gasteiger partial charge < -0.3 is 9.47 Å². The van der Waals surface area contributed by atoms with Crippen LogP contribution >= 0.6 is 0 Å². The van der Waals surface area contributed by atoms with Crippen LogP contribution in [0.1, 0.15) is 12.8 Å². The molecule has 0 bridgehead atoms. The molecule has 0 atom stereocenters. The van der Waals surface area contributed by atoms with Crippen molar-refractivity contribution in [2.75, 3.05) is 19.8 Å². The molecule has 7 heteroatoms. The topological polar surface area (TPSA) is 31.4 Å². The Labute approximate surface area is 101 Å². The molecule has 100 valence electrons. The van der Waals surface area contributed by atoms with Gasteiger partial charge in [0.1, 0.15) is 0 Å². The molecular formula is C11H11F4NO2. The monoisotopic (exact) mass is 265 g/mol. The van der Waals surface area contributed by atoms with Crippen LogP contribution in [0.4, 0.5) is 17.6 Å². The van der Waals surface area contributed by atoms with Crippen molar-refractivity contribution in [2.45, 2.75) is 12.8 Å². The highest BCUT2D eigenvalue weighted by molar-refractivity contribution is 5.24. The standard InChI is InChI=1S/C11H11F4NO2/c12-7-9(8(13)11(15)16-10(7)14)18-5-6-1-3-17-4-2-6/h6H,1-5H2. The Morgan fingerprint density at radius 3 is 2.17 bits per heavy atom. The highest BCUT2D eigenvalue weighted by Crippen LogP contribution is 2.26. The quantitative estimate of drug-likeness (QED) is 0.621. The lowest BCUT2D eigenvalue weighted by molar-refractivity contribution is 0.0481. The third-order valence-corrected chi connectivity index (χ3v) is 2.76. The normalized spacial score (nSPS) is 16.9. The fourth-order valence-corrected chi connectivity index (χ4v) is 1.71. The number of hydrogen-bond donors (Lipinski definition) is 0. The van der Waals surface area contributed by atoms with Gasteiger partial charge in [0, 0.05) is 13.2 Å². The molecule has 2 rings (SSSR count). The fraction of sp³-hybridized carbons (Fsp3) is 0.545. The average molecular weight is 265 g/mol. The second-order valence-corrected chi connectivity index (χ2v) is 4.02. The maximum Gasteiger partial charge on any atom is 0.255 e. The molecule has 0 aromatic carbocycles. The molecule has 0 radical (unpaired) electrons. The molecule has 0 amide bonds. The lowest BCUT2D eigenvalue weighted by Crippen LogP contribution is -2.22. The number of halogens is 4. The molecule has 1 fully saturated rings. The minimum Gasteiger partial charge on any atom is -0.487 e. The zero-order valence-electron chi connectivity index (χ0n) is 9.39. The summed E-state index contributed by atoms with van der Waals surface area (Å²) in [7, 11) is 0. The van der Waals surface area contributed by atoms with Crippen molar-refractivity contribution in [3.8, 4) is 5.75 Å². The van der Waals surface area contributed by atoms with Crippen molar-refractivity contribution < 1.29 is 27.0 Å². The van der Waals surface area contributed by atoms with E-state index >= 15 is 0 Å². The lowest BCUT2D eigenvalue weighted by atomic mass is 10.0. The second-order valence-electron chi connectivity index (χ2n) is 4.02. The zero-order valence-corrected chi connectivity index (χ0v) is 9.39. The molecule has 1 aromatic heterocycles. The minimum atomic E-state index is -1.71. The predicted octanol–water partition coefficient (Wildman–Crippen LogP) is 2.44. The SMILES string of the molecule is Fc1nc(F)c(F)c(OCC2CCOCC2)c1F. The van der Waals surface area contributed by atoms with Gasteiger partial charge in [-0.2, -0.15) is 22.5 Å². The summed E-state index contributed by atoms with van der Waals surface area (Å²) in [4.78, 5) is 2.44. The van der Waals surface area contributed by atoms with Gasteiger partial charge in [-0.25, -0.2) is 0 Å². The van der Waals surface area contributed by atoms with Crippen LogP contribution in [0.25, 0.3) is 0 Å². The van der Waals surface area contributed by atoms with E-state index in [-0.39, 0.29) is 12.5 Å². The zero-order chi connectivity index (χ0) is 13.1. The smallest absolute Gasteiger partial charge is 0.255 e. The molecule has 0 unspecified atom stereocenters. The molecule has 1 saturated heterocycles. The number of aromatic nitrogens is 1. The largest absolute Gasteiger partial charge is 0.487 e. The summed E-state index contributed by atoms with van der Waals surface area (Å²) in [6.45, 7) is 1.07. The van der Waals surface area contributed by atoms with E-state index in [1.165, 1.54) is 0 Å². The highest BCUT2D eigenvalue weighted by Gasteiger charge is 2.23. The highest BCUT2D eigenvalue weighted by atomic mass is 19.2. The van der Waals surface area contributed by atoms with Gasteiger partial charge in [0.2, 0.25) is 11.6 Å². The van der Waals surface area contributed by atoms with Crippen LogP contribution in [-0.4, -0.2) is 24.8 Å². The summed E-state index contributed by atoms with van der Waals surface area (Å²) < 4.78 is 61.9. The Bertz CT molecular complexity index is 409. The summed E-state index contributed by atoms with van der Waals surface area (Å²) in [5.74, 6) is -7.64.